The minimum atomic E-state index is -1.14. The number of hydrogen-bond donors (Lipinski definition) is 1. The summed E-state index contributed by atoms with van der Waals surface area (Å²) < 4.78 is 2.26. The molecule has 1 unspecified atom stereocenters. The van der Waals surface area contributed by atoms with Crippen molar-refractivity contribution in [3.63, 3.8) is 0 Å². The van der Waals surface area contributed by atoms with Gasteiger partial charge in [0.1, 0.15) is 17.2 Å². The van der Waals surface area contributed by atoms with Crippen LogP contribution in [0.2, 0.25) is 0 Å². The van der Waals surface area contributed by atoms with Gasteiger partial charge in [0.2, 0.25) is 0 Å². The number of para-hydroxylation sites is 2. The number of fused-ring (bicyclic) bond motifs is 1. The summed E-state index contributed by atoms with van der Waals surface area (Å²) in [7, 11) is 0. The van der Waals surface area contributed by atoms with E-state index in [1.807, 2.05) is 18.2 Å². The average Bonchev–Trinajstić information content (AvgIpc) is 3.13. The number of pyridine rings is 1. The quantitative estimate of drug-likeness (QED) is 0.731. The summed E-state index contributed by atoms with van der Waals surface area (Å²) >= 11 is 0. The van der Waals surface area contributed by atoms with Gasteiger partial charge < -0.3 is 14.6 Å². The Balaban J connectivity index is 1.63. The summed E-state index contributed by atoms with van der Waals surface area (Å²) in [5.74, 6) is -0.233. The first-order valence-corrected chi connectivity index (χ1v) is 9.92. The molecule has 1 aliphatic heterocycles. The lowest BCUT2D eigenvalue weighted by Gasteiger charge is -2.33. The van der Waals surface area contributed by atoms with Crippen LogP contribution in [0.5, 0.6) is 0 Å². The third-order valence-corrected chi connectivity index (χ3v) is 5.40. The summed E-state index contributed by atoms with van der Waals surface area (Å²) in [6, 6.07) is 12.9. The number of carboxylic acid groups (broad SMARTS) is 1. The molecule has 4 rings (SSSR count). The third kappa shape index (κ3) is 3.60. The van der Waals surface area contributed by atoms with Crippen molar-refractivity contribution in [3.8, 4) is 0 Å². The topological polar surface area (TPSA) is 88.3 Å². The van der Waals surface area contributed by atoms with Crippen LogP contribution in [-0.4, -0.2) is 49.5 Å². The van der Waals surface area contributed by atoms with Gasteiger partial charge >= 0.3 is 5.97 Å². The van der Waals surface area contributed by atoms with Crippen molar-refractivity contribution in [2.24, 2.45) is 0 Å². The first-order valence-electron chi connectivity index (χ1n) is 9.92. The number of likely N-dealkylation sites (tertiary alicyclic amines) is 1. The molecule has 1 saturated heterocycles. The van der Waals surface area contributed by atoms with E-state index in [4.69, 9.17) is 10.1 Å². The van der Waals surface area contributed by atoms with Crippen LogP contribution in [0.1, 0.15) is 65.5 Å². The molecule has 0 bridgehead atoms. The number of amides is 1. The Morgan fingerprint density at radius 3 is 2.59 bits per heavy atom. The Morgan fingerprint density at radius 1 is 1.07 bits per heavy atom. The second kappa shape index (κ2) is 7.66. The van der Waals surface area contributed by atoms with E-state index >= 15 is 0 Å². The molecule has 150 valence electrons. The fourth-order valence-corrected chi connectivity index (χ4v) is 4.10. The van der Waals surface area contributed by atoms with E-state index < -0.39 is 5.97 Å². The van der Waals surface area contributed by atoms with Crippen molar-refractivity contribution in [2.75, 3.05) is 13.1 Å². The molecule has 1 aliphatic rings. The van der Waals surface area contributed by atoms with Gasteiger partial charge in [-0.15, -0.1) is 0 Å². The molecule has 1 atom stereocenters. The second-order valence-corrected chi connectivity index (χ2v) is 7.73. The number of piperidine rings is 1. The summed E-state index contributed by atoms with van der Waals surface area (Å²) in [4.78, 5) is 34.8. The van der Waals surface area contributed by atoms with Gasteiger partial charge in [0.05, 0.1) is 11.0 Å². The molecule has 0 aliphatic carbocycles. The number of aromatic carboxylic acids is 1. The number of carbonyl (C=O) groups is 2. The van der Waals surface area contributed by atoms with Crippen LogP contribution in [0.15, 0.2) is 42.5 Å². The average molecular weight is 392 g/mol. The number of benzene rings is 1. The van der Waals surface area contributed by atoms with Crippen LogP contribution >= 0.6 is 0 Å². The lowest BCUT2D eigenvalue weighted by atomic mass is 9.96. The zero-order valence-electron chi connectivity index (χ0n) is 16.6. The van der Waals surface area contributed by atoms with Gasteiger partial charge in [0.15, 0.2) is 0 Å². The molecular weight excluding hydrogens is 368 g/mol. The minimum absolute atomic E-state index is 0.119. The van der Waals surface area contributed by atoms with E-state index in [0.29, 0.717) is 13.1 Å². The zero-order valence-corrected chi connectivity index (χ0v) is 16.6. The third-order valence-electron chi connectivity index (χ3n) is 5.40. The standard InChI is InChI=1S/C22H24N4O3/c1-14(2)26-19-11-4-3-8-16(19)24-20(26)15-7-6-12-25(13-15)21(27)17-9-5-10-18(23-17)22(28)29/h3-5,8-11,14-15H,6-7,12-13H2,1-2H3,(H,28,29). The van der Waals surface area contributed by atoms with E-state index in [1.165, 1.54) is 6.07 Å². The van der Waals surface area contributed by atoms with Crippen LogP contribution in [0.25, 0.3) is 11.0 Å². The predicted octanol–water partition coefficient (Wildman–Crippen LogP) is 3.73. The predicted molar refractivity (Wildman–Crippen MR) is 109 cm³/mol. The maximum Gasteiger partial charge on any atom is 0.354 e. The molecule has 2 aromatic heterocycles. The number of imidazole rings is 1. The van der Waals surface area contributed by atoms with Gasteiger partial charge in [-0.2, -0.15) is 0 Å². The molecule has 3 aromatic rings. The summed E-state index contributed by atoms with van der Waals surface area (Å²) in [5.41, 5.74) is 2.13. The maximum absolute atomic E-state index is 13.0. The number of aromatic nitrogens is 3. The number of hydrogen-bond acceptors (Lipinski definition) is 4. The van der Waals surface area contributed by atoms with Crippen molar-refractivity contribution in [1.82, 2.24) is 19.4 Å². The van der Waals surface area contributed by atoms with E-state index in [-0.39, 0.29) is 29.3 Å². The van der Waals surface area contributed by atoms with Gasteiger partial charge in [-0.25, -0.2) is 14.8 Å². The largest absolute Gasteiger partial charge is 0.477 e. The van der Waals surface area contributed by atoms with E-state index in [9.17, 15) is 9.59 Å². The van der Waals surface area contributed by atoms with Crippen LogP contribution in [-0.2, 0) is 0 Å². The lowest BCUT2D eigenvalue weighted by molar-refractivity contribution is 0.0686. The molecular formula is C22H24N4O3. The molecule has 29 heavy (non-hydrogen) atoms. The molecule has 7 nitrogen and oxygen atoms in total. The molecule has 1 N–H and O–H groups in total. The Labute approximate surface area is 169 Å². The monoisotopic (exact) mass is 392 g/mol. The van der Waals surface area contributed by atoms with Crippen molar-refractivity contribution in [3.05, 3.63) is 59.7 Å². The highest BCUT2D eigenvalue weighted by molar-refractivity contribution is 5.94. The normalized spacial score (nSPS) is 17.1. The fourth-order valence-electron chi connectivity index (χ4n) is 4.10. The second-order valence-electron chi connectivity index (χ2n) is 7.73. The van der Waals surface area contributed by atoms with Crippen LogP contribution in [0.4, 0.5) is 0 Å². The number of rotatable bonds is 4. The van der Waals surface area contributed by atoms with Gasteiger partial charge in [-0.05, 0) is 51.0 Å². The highest BCUT2D eigenvalue weighted by Crippen LogP contribution is 2.32. The minimum Gasteiger partial charge on any atom is -0.477 e. The smallest absolute Gasteiger partial charge is 0.354 e. The van der Waals surface area contributed by atoms with E-state index in [2.05, 4.69) is 29.5 Å². The first kappa shape index (κ1) is 19.1. The molecule has 0 radical (unpaired) electrons. The zero-order chi connectivity index (χ0) is 20.5. The first-order chi connectivity index (χ1) is 14.0. The van der Waals surface area contributed by atoms with Crippen molar-refractivity contribution in [1.29, 1.82) is 0 Å². The van der Waals surface area contributed by atoms with Crippen molar-refractivity contribution in [2.45, 2.75) is 38.6 Å². The summed E-state index contributed by atoms with van der Waals surface area (Å²) in [6.07, 6.45) is 1.83. The van der Waals surface area contributed by atoms with Crippen LogP contribution < -0.4 is 0 Å². The number of carboxylic acids is 1. The summed E-state index contributed by atoms with van der Waals surface area (Å²) in [6.45, 7) is 5.47. The molecule has 0 spiro atoms. The molecule has 7 heteroatoms. The lowest BCUT2D eigenvalue weighted by Crippen LogP contribution is -2.40. The maximum atomic E-state index is 13.0. The Hall–Kier alpha value is -3.22. The fraction of sp³-hybridized carbons (Fsp3) is 0.364. The molecule has 1 fully saturated rings. The van der Waals surface area contributed by atoms with Gasteiger partial charge in [0, 0.05) is 25.0 Å². The van der Waals surface area contributed by atoms with E-state index in [1.54, 1.807) is 17.0 Å². The van der Waals surface area contributed by atoms with E-state index in [0.717, 1.165) is 29.7 Å². The van der Waals surface area contributed by atoms with Gasteiger partial charge in [0.25, 0.3) is 5.91 Å². The molecule has 0 saturated carbocycles. The van der Waals surface area contributed by atoms with Gasteiger partial charge in [-0.3, -0.25) is 4.79 Å². The van der Waals surface area contributed by atoms with Crippen molar-refractivity contribution >= 4 is 22.9 Å². The Kier molecular flexibility index (Phi) is 5.05. The Morgan fingerprint density at radius 2 is 1.83 bits per heavy atom. The number of carbonyl (C=O) groups excluding carboxylic acids is 1. The van der Waals surface area contributed by atoms with Gasteiger partial charge in [-0.1, -0.05) is 18.2 Å². The highest BCUT2D eigenvalue weighted by atomic mass is 16.4. The van der Waals surface area contributed by atoms with Crippen LogP contribution in [0.3, 0.4) is 0 Å². The number of nitrogens with zero attached hydrogens (tertiary/aromatic N) is 4. The molecule has 3 heterocycles. The Bertz CT molecular complexity index is 1070. The SMILES string of the molecule is CC(C)n1c(C2CCCN(C(=O)c3cccc(C(=O)O)n3)C2)nc2ccccc21. The van der Waals surface area contributed by atoms with Crippen molar-refractivity contribution < 1.29 is 14.7 Å². The van der Waals surface area contributed by atoms with Crippen LogP contribution in [0, 0.1) is 0 Å². The highest BCUT2D eigenvalue weighted by Gasteiger charge is 2.30. The molecule has 1 amide bonds. The molecule has 1 aromatic carbocycles. The summed E-state index contributed by atoms with van der Waals surface area (Å²) in [5, 5.41) is 9.15.